The quantitative estimate of drug-likeness (QED) is 0.214. The number of nitrogens with one attached hydrogen (secondary N) is 1. The maximum atomic E-state index is 15.0. The Kier molecular flexibility index (Phi) is 11.2. The molecule has 0 aliphatic heterocycles. The molecule has 9 nitrogen and oxygen atoms in total. The van der Waals surface area contributed by atoms with Gasteiger partial charge < -0.3 is 19.7 Å². The second-order valence-corrected chi connectivity index (χ2v) is 11.9. The first-order chi connectivity index (χ1) is 21.7. The van der Waals surface area contributed by atoms with Crippen molar-refractivity contribution < 1.29 is 31.9 Å². The lowest BCUT2D eigenvalue weighted by atomic mass is 10.0. The predicted molar refractivity (Wildman–Crippen MR) is 170 cm³/mol. The number of hydrogen-bond acceptors (Lipinski definition) is 6. The second-order valence-electron chi connectivity index (χ2n) is 10.1. The number of para-hydroxylation sites is 2. The Bertz CT molecular complexity index is 1700. The molecule has 0 heterocycles. The van der Waals surface area contributed by atoms with Gasteiger partial charge in [0.15, 0.2) is 0 Å². The Hall–Kier alpha value is -4.90. The molecule has 236 valence electrons. The number of methoxy groups -OCH3 is 2. The van der Waals surface area contributed by atoms with Gasteiger partial charge in [-0.2, -0.15) is 0 Å². The topological polar surface area (TPSA) is 105 Å². The summed E-state index contributed by atoms with van der Waals surface area (Å²) in [6, 6.07) is 26.2. The molecule has 0 saturated carbocycles. The van der Waals surface area contributed by atoms with Crippen molar-refractivity contribution in [3.05, 3.63) is 120 Å². The Balaban J connectivity index is 1.83. The minimum atomic E-state index is -4.36. The van der Waals surface area contributed by atoms with Crippen molar-refractivity contribution in [3.63, 3.8) is 0 Å². The zero-order valence-electron chi connectivity index (χ0n) is 25.4. The molecule has 4 aromatic carbocycles. The van der Waals surface area contributed by atoms with E-state index < -0.39 is 40.2 Å². The number of carbonyl (C=O) groups is 2. The minimum absolute atomic E-state index is 0.0905. The summed E-state index contributed by atoms with van der Waals surface area (Å²) in [5.41, 5.74) is 1.07. The summed E-state index contributed by atoms with van der Waals surface area (Å²) in [6.45, 7) is 1.08. The third-order valence-corrected chi connectivity index (χ3v) is 8.97. The van der Waals surface area contributed by atoms with Gasteiger partial charge in [0.25, 0.3) is 10.0 Å². The van der Waals surface area contributed by atoms with Gasteiger partial charge in [0.2, 0.25) is 11.8 Å². The lowest BCUT2D eigenvalue weighted by Gasteiger charge is -2.34. The van der Waals surface area contributed by atoms with Crippen molar-refractivity contribution in [3.8, 4) is 11.5 Å². The number of rotatable bonds is 14. The number of amides is 2. The number of nitrogens with zero attached hydrogens (tertiary/aromatic N) is 2. The summed E-state index contributed by atoms with van der Waals surface area (Å²) in [5, 5.41) is 2.78. The van der Waals surface area contributed by atoms with Crippen LogP contribution in [0.3, 0.4) is 0 Å². The molecule has 45 heavy (non-hydrogen) atoms. The van der Waals surface area contributed by atoms with Crippen molar-refractivity contribution in [1.82, 2.24) is 10.2 Å². The van der Waals surface area contributed by atoms with Gasteiger partial charge in [-0.1, -0.05) is 60.7 Å². The summed E-state index contributed by atoms with van der Waals surface area (Å²) in [7, 11) is -1.50. The first-order valence-electron chi connectivity index (χ1n) is 14.3. The Morgan fingerprint density at radius 1 is 0.844 bits per heavy atom. The highest BCUT2D eigenvalue weighted by Gasteiger charge is 2.35. The Labute approximate surface area is 263 Å². The third kappa shape index (κ3) is 7.98. The van der Waals surface area contributed by atoms with Crippen LogP contribution in [0.15, 0.2) is 108 Å². The molecule has 4 rings (SSSR count). The van der Waals surface area contributed by atoms with E-state index in [1.54, 1.807) is 31.2 Å². The molecule has 2 amide bonds. The number of anilines is 1. The molecule has 0 saturated heterocycles. The van der Waals surface area contributed by atoms with Crippen LogP contribution in [0.4, 0.5) is 10.1 Å². The van der Waals surface area contributed by atoms with Crippen molar-refractivity contribution in [2.45, 2.75) is 30.8 Å². The average Bonchev–Trinajstić information content (AvgIpc) is 3.06. The predicted octanol–water partition coefficient (Wildman–Crippen LogP) is 4.81. The molecule has 0 aliphatic carbocycles. The average molecular weight is 634 g/mol. The molecule has 4 aromatic rings. The van der Waals surface area contributed by atoms with Crippen LogP contribution in [-0.2, 0) is 32.6 Å². The van der Waals surface area contributed by atoms with Crippen molar-refractivity contribution in [2.24, 2.45) is 0 Å². The number of likely N-dealkylation sites (N-methyl/N-ethyl adjacent to an activating group) is 1. The van der Waals surface area contributed by atoms with Crippen molar-refractivity contribution in [2.75, 3.05) is 31.6 Å². The lowest BCUT2D eigenvalue weighted by Crippen LogP contribution is -2.53. The molecule has 0 aromatic heterocycles. The van der Waals surface area contributed by atoms with E-state index in [1.165, 1.54) is 67.7 Å². The van der Waals surface area contributed by atoms with Crippen LogP contribution in [0.2, 0.25) is 0 Å². The van der Waals surface area contributed by atoms with E-state index in [9.17, 15) is 22.4 Å². The van der Waals surface area contributed by atoms with Gasteiger partial charge in [0.05, 0.1) is 24.8 Å². The molecule has 0 radical (unpaired) electrons. The van der Waals surface area contributed by atoms with Crippen molar-refractivity contribution in [1.29, 1.82) is 0 Å². The molecule has 0 bridgehead atoms. The minimum Gasteiger partial charge on any atom is -0.497 e. The van der Waals surface area contributed by atoms with E-state index in [-0.39, 0.29) is 34.9 Å². The maximum absolute atomic E-state index is 15.0. The number of ether oxygens (including phenoxy) is 2. The number of halogens is 1. The molecule has 0 spiro atoms. The molecule has 0 aliphatic rings. The van der Waals surface area contributed by atoms with Crippen LogP contribution >= 0.6 is 0 Å². The fourth-order valence-electron chi connectivity index (χ4n) is 4.88. The summed E-state index contributed by atoms with van der Waals surface area (Å²) in [4.78, 5) is 29.1. The van der Waals surface area contributed by atoms with Crippen molar-refractivity contribution >= 4 is 27.5 Å². The van der Waals surface area contributed by atoms with Gasteiger partial charge in [0.1, 0.15) is 29.9 Å². The van der Waals surface area contributed by atoms with E-state index in [1.807, 2.05) is 30.3 Å². The summed E-state index contributed by atoms with van der Waals surface area (Å²) < 4.78 is 55.0. The molecular formula is C34H36FN3O6S. The zero-order valence-corrected chi connectivity index (χ0v) is 26.2. The molecule has 1 unspecified atom stereocenters. The van der Waals surface area contributed by atoms with Gasteiger partial charge >= 0.3 is 0 Å². The maximum Gasteiger partial charge on any atom is 0.264 e. The van der Waals surface area contributed by atoms with Gasteiger partial charge in [0, 0.05) is 25.1 Å². The highest BCUT2D eigenvalue weighted by Crippen LogP contribution is 2.33. The van der Waals surface area contributed by atoms with Crippen LogP contribution < -0.4 is 19.1 Å². The monoisotopic (exact) mass is 633 g/mol. The first-order valence-corrected chi connectivity index (χ1v) is 15.8. The van der Waals surface area contributed by atoms with Gasteiger partial charge in [-0.15, -0.1) is 0 Å². The van der Waals surface area contributed by atoms with Crippen LogP contribution in [0, 0.1) is 5.82 Å². The smallest absolute Gasteiger partial charge is 0.264 e. The number of sulfonamides is 1. The van der Waals surface area contributed by atoms with E-state index in [4.69, 9.17) is 9.47 Å². The molecule has 1 atom stereocenters. The van der Waals surface area contributed by atoms with Crippen LogP contribution in [0.25, 0.3) is 0 Å². The standard InChI is InChI=1S/C34H36FN3O6S/c1-4-36-34(40)31(22-25-12-6-5-7-13-25)37(23-26-14-8-9-15-29(26)35)33(39)24-38(30-16-10-11-17-32(30)44-3)45(41,42)28-20-18-27(43-2)19-21-28/h5-21,31H,4,22-24H2,1-3H3,(H,36,40). The summed E-state index contributed by atoms with van der Waals surface area (Å²) in [5.74, 6) is -1.05. The van der Waals surface area contributed by atoms with E-state index in [2.05, 4.69) is 5.32 Å². The lowest BCUT2D eigenvalue weighted by molar-refractivity contribution is -0.140. The van der Waals surface area contributed by atoms with Crippen LogP contribution in [0.5, 0.6) is 11.5 Å². The SMILES string of the molecule is CCNC(=O)C(Cc1ccccc1)N(Cc1ccccc1F)C(=O)CN(c1ccccc1OC)S(=O)(=O)c1ccc(OC)cc1. The first kappa shape index (κ1) is 33.0. The number of benzene rings is 4. The highest BCUT2D eigenvalue weighted by molar-refractivity contribution is 7.92. The van der Waals surface area contributed by atoms with Gasteiger partial charge in [-0.05, 0) is 55.0 Å². The van der Waals surface area contributed by atoms with Gasteiger partial charge in [-0.25, -0.2) is 12.8 Å². The molecule has 1 N–H and O–H groups in total. The second kappa shape index (κ2) is 15.2. The van der Waals surface area contributed by atoms with E-state index in [0.717, 1.165) is 9.87 Å². The zero-order chi connectivity index (χ0) is 32.4. The fourth-order valence-corrected chi connectivity index (χ4v) is 6.30. The Morgan fingerprint density at radius 3 is 2.13 bits per heavy atom. The molecule has 0 fully saturated rings. The molecule has 11 heteroatoms. The highest BCUT2D eigenvalue weighted by atomic mass is 32.2. The molecular weight excluding hydrogens is 597 g/mol. The van der Waals surface area contributed by atoms with Gasteiger partial charge in [-0.3, -0.25) is 13.9 Å². The number of hydrogen-bond donors (Lipinski definition) is 1. The third-order valence-electron chi connectivity index (χ3n) is 7.20. The van der Waals surface area contributed by atoms with Crippen LogP contribution in [-0.4, -0.2) is 58.5 Å². The summed E-state index contributed by atoms with van der Waals surface area (Å²) >= 11 is 0. The number of carbonyl (C=O) groups excluding carboxylic acids is 2. The Morgan fingerprint density at radius 2 is 1.49 bits per heavy atom. The fraction of sp³-hybridized carbons (Fsp3) is 0.235. The van der Waals surface area contributed by atoms with E-state index in [0.29, 0.717) is 12.3 Å². The largest absolute Gasteiger partial charge is 0.497 e. The van der Waals surface area contributed by atoms with E-state index >= 15 is 0 Å². The normalized spacial score (nSPS) is 11.7. The van der Waals surface area contributed by atoms with Crippen LogP contribution in [0.1, 0.15) is 18.1 Å². The summed E-state index contributed by atoms with van der Waals surface area (Å²) in [6.07, 6.45) is 0.118.